The Bertz CT molecular complexity index is 759. The fraction of sp³-hybridized carbons (Fsp3) is 0.312. The van der Waals surface area contributed by atoms with Crippen LogP contribution in [-0.2, 0) is 11.2 Å². The van der Waals surface area contributed by atoms with E-state index in [1.54, 1.807) is 18.2 Å². The van der Waals surface area contributed by atoms with E-state index in [0.29, 0.717) is 33.7 Å². The standard InChI is InChI=1S/C16H18ClN3O3S/c1-4-14-18-16(20-19-14)24-13(15(21)22)8-10-7-11(17)5-6-12(10)23-9(2)3/h5-9H,4H2,1-3H3,(H,21,22)(H,18,19,20)/b13-8-. The molecule has 0 aliphatic carbocycles. The van der Waals surface area contributed by atoms with Crippen LogP contribution >= 0.6 is 23.4 Å². The van der Waals surface area contributed by atoms with Crippen molar-refractivity contribution in [3.63, 3.8) is 0 Å². The molecule has 0 amide bonds. The van der Waals surface area contributed by atoms with E-state index >= 15 is 0 Å². The van der Waals surface area contributed by atoms with Crippen molar-refractivity contribution >= 4 is 35.4 Å². The summed E-state index contributed by atoms with van der Waals surface area (Å²) in [5.74, 6) is 0.199. The highest BCUT2D eigenvalue weighted by Gasteiger charge is 2.15. The van der Waals surface area contributed by atoms with Gasteiger partial charge in [-0.2, -0.15) is 0 Å². The Morgan fingerprint density at radius 1 is 1.50 bits per heavy atom. The lowest BCUT2D eigenvalue weighted by molar-refractivity contribution is -0.131. The monoisotopic (exact) mass is 367 g/mol. The maximum atomic E-state index is 11.6. The molecule has 6 nitrogen and oxygen atoms in total. The predicted octanol–water partition coefficient (Wildman–Crippen LogP) is 4.03. The lowest BCUT2D eigenvalue weighted by Crippen LogP contribution is -2.07. The molecule has 0 spiro atoms. The molecule has 8 heteroatoms. The number of thioether (sulfide) groups is 1. The van der Waals surface area contributed by atoms with Gasteiger partial charge in [0.2, 0.25) is 5.16 Å². The fourth-order valence-electron chi connectivity index (χ4n) is 1.85. The zero-order valence-corrected chi connectivity index (χ0v) is 15.1. The molecule has 0 radical (unpaired) electrons. The number of halogens is 1. The van der Waals surface area contributed by atoms with Crippen molar-refractivity contribution in [2.75, 3.05) is 0 Å². The fourth-order valence-corrected chi connectivity index (χ4v) is 2.75. The van der Waals surface area contributed by atoms with Gasteiger partial charge in [-0.1, -0.05) is 18.5 Å². The summed E-state index contributed by atoms with van der Waals surface area (Å²) in [5, 5.41) is 17.1. The van der Waals surface area contributed by atoms with Crippen LogP contribution in [0.25, 0.3) is 6.08 Å². The van der Waals surface area contributed by atoms with Crippen molar-refractivity contribution < 1.29 is 14.6 Å². The number of ether oxygens (including phenoxy) is 1. The van der Waals surface area contributed by atoms with Crippen molar-refractivity contribution in [1.82, 2.24) is 15.2 Å². The SMILES string of the molecule is CCc1nc(S/C(=C\c2cc(Cl)ccc2OC(C)C)C(=O)O)n[nH]1. The topological polar surface area (TPSA) is 88.1 Å². The first-order valence-electron chi connectivity index (χ1n) is 7.39. The molecular formula is C16H18ClN3O3S. The van der Waals surface area contributed by atoms with Crippen LogP contribution in [0.15, 0.2) is 28.3 Å². The average molecular weight is 368 g/mol. The van der Waals surface area contributed by atoms with Crippen LogP contribution in [0.2, 0.25) is 5.02 Å². The number of carboxylic acids is 1. The number of rotatable bonds is 7. The molecule has 2 aromatic rings. The molecule has 1 aromatic heterocycles. The minimum Gasteiger partial charge on any atom is -0.490 e. The minimum atomic E-state index is -1.07. The number of nitrogens with one attached hydrogen (secondary N) is 1. The maximum Gasteiger partial charge on any atom is 0.342 e. The molecule has 1 aromatic carbocycles. The Balaban J connectivity index is 2.36. The van der Waals surface area contributed by atoms with Gasteiger partial charge in [0.15, 0.2) is 0 Å². The van der Waals surface area contributed by atoms with E-state index in [2.05, 4.69) is 15.2 Å². The Labute approximate surface area is 149 Å². The highest BCUT2D eigenvalue weighted by atomic mass is 35.5. The number of carbonyl (C=O) groups is 1. The van der Waals surface area contributed by atoms with E-state index in [1.165, 1.54) is 6.08 Å². The first-order chi connectivity index (χ1) is 11.4. The Morgan fingerprint density at radius 2 is 2.25 bits per heavy atom. The number of H-pyrrole nitrogens is 1. The second-order valence-electron chi connectivity index (χ2n) is 5.18. The van der Waals surface area contributed by atoms with Crippen molar-refractivity contribution in [3.05, 3.63) is 39.5 Å². The summed E-state index contributed by atoms with van der Waals surface area (Å²) in [6.07, 6.45) is 2.17. The number of carboxylic acid groups (broad SMARTS) is 1. The second-order valence-corrected chi connectivity index (χ2v) is 6.63. The molecule has 0 bridgehead atoms. The van der Waals surface area contributed by atoms with E-state index in [1.807, 2.05) is 20.8 Å². The molecule has 0 aliphatic heterocycles. The van der Waals surface area contributed by atoms with Gasteiger partial charge in [0, 0.05) is 17.0 Å². The van der Waals surface area contributed by atoms with Gasteiger partial charge in [0.25, 0.3) is 0 Å². The summed E-state index contributed by atoms with van der Waals surface area (Å²) in [4.78, 5) is 15.9. The van der Waals surface area contributed by atoms with E-state index < -0.39 is 5.97 Å². The van der Waals surface area contributed by atoms with Gasteiger partial charge in [0.1, 0.15) is 16.5 Å². The minimum absolute atomic E-state index is 0.0422. The van der Waals surface area contributed by atoms with Crippen LogP contribution in [0.3, 0.4) is 0 Å². The second kappa shape index (κ2) is 8.21. The number of aromatic amines is 1. The van der Waals surface area contributed by atoms with Gasteiger partial charge >= 0.3 is 5.97 Å². The highest BCUT2D eigenvalue weighted by Crippen LogP contribution is 2.31. The molecule has 0 fully saturated rings. The third-order valence-electron chi connectivity index (χ3n) is 2.88. The molecule has 0 unspecified atom stereocenters. The summed E-state index contributed by atoms with van der Waals surface area (Å²) < 4.78 is 5.71. The van der Waals surface area contributed by atoms with Crippen molar-refractivity contribution in [2.24, 2.45) is 0 Å². The number of benzene rings is 1. The zero-order valence-electron chi connectivity index (χ0n) is 13.5. The Morgan fingerprint density at radius 3 is 2.83 bits per heavy atom. The summed E-state index contributed by atoms with van der Waals surface area (Å²) in [7, 11) is 0. The smallest absolute Gasteiger partial charge is 0.342 e. The van der Waals surface area contributed by atoms with Gasteiger partial charge < -0.3 is 9.84 Å². The maximum absolute atomic E-state index is 11.6. The molecule has 24 heavy (non-hydrogen) atoms. The predicted molar refractivity (Wildman–Crippen MR) is 94.4 cm³/mol. The first-order valence-corrected chi connectivity index (χ1v) is 8.58. The molecule has 2 N–H and O–H groups in total. The number of aryl methyl sites for hydroxylation is 1. The van der Waals surface area contributed by atoms with Crippen LogP contribution < -0.4 is 4.74 Å². The van der Waals surface area contributed by atoms with E-state index in [9.17, 15) is 9.90 Å². The number of hydrogen-bond acceptors (Lipinski definition) is 5. The van der Waals surface area contributed by atoms with E-state index in [-0.39, 0.29) is 11.0 Å². The van der Waals surface area contributed by atoms with Crippen molar-refractivity contribution in [1.29, 1.82) is 0 Å². The number of aromatic nitrogens is 3. The van der Waals surface area contributed by atoms with E-state index in [4.69, 9.17) is 16.3 Å². The quantitative estimate of drug-likeness (QED) is 0.567. The molecular weight excluding hydrogens is 350 g/mol. The van der Waals surface area contributed by atoms with E-state index in [0.717, 1.165) is 11.8 Å². The lowest BCUT2D eigenvalue weighted by atomic mass is 10.2. The van der Waals surface area contributed by atoms with Gasteiger partial charge in [-0.15, -0.1) is 5.10 Å². The molecule has 0 saturated carbocycles. The van der Waals surface area contributed by atoms with Gasteiger partial charge in [-0.25, -0.2) is 9.78 Å². The molecule has 1 heterocycles. The first kappa shape index (κ1) is 18.4. The zero-order chi connectivity index (χ0) is 17.7. The lowest BCUT2D eigenvalue weighted by Gasteiger charge is -2.13. The normalized spacial score (nSPS) is 11.8. The van der Waals surface area contributed by atoms with Crippen LogP contribution in [0.5, 0.6) is 5.75 Å². The van der Waals surface area contributed by atoms with Gasteiger partial charge in [-0.05, 0) is 49.9 Å². The third-order valence-corrected chi connectivity index (χ3v) is 3.99. The van der Waals surface area contributed by atoms with Crippen molar-refractivity contribution in [3.8, 4) is 5.75 Å². The molecule has 128 valence electrons. The summed E-state index contributed by atoms with van der Waals surface area (Å²) >= 11 is 7.00. The molecule has 0 aliphatic rings. The third kappa shape index (κ3) is 5.01. The number of aliphatic carboxylic acids is 1. The highest BCUT2D eigenvalue weighted by molar-refractivity contribution is 8.04. The molecule has 0 atom stereocenters. The van der Waals surface area contributed by atoms with Crippen molar-refractivity contribution in [2.45, 2.75) is 38.5 Å². The Kier molecular flexibility index (Phi) is 6.28. The largest absolute Gasteiger partial charge is 0.490 e. The molecule has 2 rings (SSSR count). The average Bonchev–Trinajstić information content (AvgIpc) is 2.96. The Hall–Kier alpha value is -1.99. The van der Waals surface area contributed by atoms with Crippen LogP contribution in [0.1, 0.15) is 32.2 Å². The number of nitrogens with zero attached hydrogens (tertiary/aromatic N) is 2. The van der Waals surface area contributed by atoms with Crippen LogP contribution in [-0.4, -0.2) is 32.4 Å². The summed E-state index contributed by atoms with van der Waals surface area (Å²) in [6.45, 7) is 5.73. The van der Waals surface area contributed by atoms with Crippen LogP contribution in [0.4, 0.5) is 0 Å². The van der Waals surface area contributed by atoms with Crippen LogP contribution in [0, 0.1) is 0 Å². The number of hydrogen-bond donors (Lipinski definition) is 2. The summed E-state index contributed by atoms with van der Waals surface area (Å²) in [5.41, 5.74) is 0.590. The summed E-state index contributed by atoms with van der Waals surface area (Å²) in [6, 6.07) is 5.09. The molecule has 0 saturated heterocycles. The van der Waals surface area contributed by atoms with Gasteiger partial charge in [-0.3, -0.25) is 5.10 Å². The van der Waals surface area contributed by atoms with Gasteiger partial charge in [0.05, 0.1) is 6.10 Å².